The zero-order valence-electron chi connectivity index (χ0n) is 11.9. The first kappa shape index (κ1) is 17.7. The summed E-state index contributed by atoms with van der Waals surface area (Å²) in [6.45, 7) is 0. The summed E-state index contributed by atoms with van der Waals surface area (Å²) in [6, 6.07) is 6.50. The summed E-state index contributed by atoms with van der Waals surface area (Å²) in [7, 11) is 0. The first-order valence-corrected chi connectivity index (χ1v) is 8.47. The predicted molar refractivity (Wildman–Crippen MR) is 74.3 cm³/mol. The Labute approximate surface area is 156 Å². The number of hydrogen-bond acceptors (Lipinski definition) is 6. The minimum atomic E-state index is -1.43. The Kier molecular flexibility index (Phi) is 5.52. The van der Waals surface area contributed by atoms with Gasteiger partial charge < -0.3 is 19.2 Å². The van der Waals surface area contributed by atoms with Crippen LogP contribution in [-0.4, -0.2) is 33.0 Å². The molecule has 0 N–H and O–H groups in total. The third kappa shape index (κ3) is 3.17. The first-order chi connectivity index (χ1) is 9.97. The van der Waals surface area contributed by atoms with E-state index in [2.05, 4.69) is 0 Å². The van der Waals surface area contributed by atoms with E-state index in [1.807, 2.05) is 0 Å². The van der Waals surface area contributed by atoms with E-state index in [1.54, 1.807) is 30.5 Å². The Morgan fingerprint density at radius 3 is 2.55 bits per heavy atom. The minimum Gasteiger partial charge on any atom is -0.612 e. The van der Waals surface area contributed by atoms with Crippen LogP contribution in [0.2, 0.25) is 0 Å². The maximum atomic E-state index is 11.4. The van der Waals surface area contributed by atoms with Gasteiger partial charge in [0.1, 0.15) is 17.7 Å². The average Bonchev–Trinajstić information content (AvgIpc) is 2.72. The summed E-state index contributed by atoms with van der Waals surface area (Å²) >= 11 is 0.0962. The predicted octanol–water partition coefficient (Wildman–Crippen LogP) is -2.97. The smallest absolute Gasteiger partial charge is 0.612 e. The Balaban J connectivity index is 0.00000176. The summed E-state index contributed by atoms with van der Waals surface area (Å²) < 4.78 is 16.8. The van der Waals surface area contributed by atoms with Gasteiger partial charge in [-0.25, -0.2) is 0 Å². The quantitative estimate of drug-likeness (QED) is 0.328. The Morgan fingerprint density at radius 1 is 1.41 bits per heavy atom. The van der Waals surface area contributed by atoms with Crippen LogP contribution in [0.15, 0.2) is 39.9 Å². The second-order valence-electron chi connectivity index (χ2n) is 4.49. The zero-order valence-corrected chi connectivity index (χ0v) is 15.5. The largest absolute Gasteiger partial charge is 1.00 e. The fraction of sp³-hybridized carbons (Fsp3) is 0.231. The molecule has 2 heterocycles. The molecule has 22 heavy (non-hydrogen) atoms. The van der Waals surface area contributed by atoms with E-state index in [-0.39, 0.29) is 51.6 Å². The van der Waals surface area contributed by atoms with Crippen molar-refractivity contribution in [1.82, 2.24) is 4.90 Å². The van der Waals surface area contributed by atoms with Gasteiger partial charge in [0.15, 0.2) is 9.99 Å². The zero-order chi connectivity index (χ0) is 15.1. The summed E-state index contributed by atoms with van der Waals surface area (Å²) in [4.78, 5) is 24.5. The molecule has 1 amide bonds. The maximum Gasteiger partial charge on any atom is 1.00 e. The molecule has 2 atom stereocenters. The number of amides is 1. The van der Waals surface area contributed by atoms with Gasteiger partial charge in [-0.2, -0.15) is 0 Å². The van der Waals surface area contributed by atoms with E-state index >= 15 is 0 Å². The second-order valence-corrected chi connectivity index (χ2v) is 7.02. The number of carbonyl (C=O) groups excluding carboxylic acids is 2. The number of fused-ring (bicyclic) bond motifs is 1. The number of β-lactam (4-membered cyclic amide) rings is 1. The van der Waals surface area contributed by atoms with Gasteiger partial charge in [-0.05, 0) is 35.4 Å². The molecule has 3 rings (SSSR count). The third-order valence-corrected chi connectivity index (χ3v) is 5.22. The van der Waals surface area contributed by atoms with Crippen LogP contribution in [0.1, 0.15) is 6.42 Å². The average molecular weight is 347 g/mol. The van der Waals surface area contributed by atoms with Crippen molar-refractivity contribution in [2.45, 2.75) is 16.7 Å². The van der Waals surface area contributed by atoms with E-state index in [9.17, 15) is 19.2 Å². The van der Waals surface area contributed by atoms with Crippen LogP contribution in [0.5, 0.6) is 5.75 Å². The number of hydrogen-bond donors (Lipinski definition) is 0. The molecule has 110 valence electrons. The van der Waals surface area contributed by atoms with Crippen molar-refractivity contribution in [3.05, 3.63) is 35.1 Å². The molecule has 1 fully saturated rings. The molecule has 0 radical (unpaired) electrons. The molecule has 9 heteroatoms. The van der Waals surface area contributed by atoms with E-state index in [0.717, 1.165) is 0 Å². The molecule has 2 aliphatic rings. The Bertz CT molecular complexity index is 646. The topological polar surface area (TPSA) is 92.7 Å². The van der Waals surface area contributed by atoms with Crippen molar-refractivity contribution in [2.75, 3.05) is 6.26 Å². The first-order valence-electron chi connectivity index (χ1n) is 6.03. The maximum absolute atomic E-state index is 11.4. The number of carboxylic acids is 1. The van der Waals surface area contributed by atoms with Crippen molar-refractivity contribution in [2.24, 2.45) is 0 Å². The molecular formula is C13H10NNaO5S2. The van der Waals surface area contributed by atoms with Gasteiger partial charge in [-0.3, -0.25) is 9.69 Å². The van der Waals surface area contributed by atoms with Gasteiger partial charge >= 0.3 is 29.6 Å². The van der Waals surface area contributed by atoms with Crippen LogP contribution in [-0.2, 0) is 20.8 Å². The van der Waals surface area contributed by atoms with Gasteiger partial charge in [0.25, 0.3) is 0 Å². The normalized spacial score (nSPS) is 20.9. The fourth-order valence-electron chi connectivity index (χ4n) is 2.09. The van der Waals surface area contributed by atoms with Gasteiger partial charge in [0.2, 0.25) is 5.91 Å². The molecule has 0 aromatic heterocycles. The molecule has 1 aromatic carbocycles. The Hall–Kier alpha value is -0.640. The van der Waals surface area contributed by atoms with Crippen molar-refractivity contribution in [1.29, 1.82) is 0 Å². The van der Waals surface area contributed by atoms with Crippen molar-refractivity contribution in [3.63, 3.8) is 0 Å². The van der Waals surface area contributed by atoms with Crippen molar-refractivity contribution < 1.29 is 53.5 Å². The number of carboxylic acid groups (broad SMARTS) is 1. The van der Waals surface area contributed by atoms with Gasteiger partial charge in [0.05, 0.1) is 17.8 Å². The molecule has 1 aromatic rings. The molecule has 0 aliphatic carbocycles. The Morgan fingerprint density at radius 2 is 2.05 bits per heavy atom. The molecule has 2 aliphatic heterocycles. The monoisotopic (exact) mass is 347 g/mol. The number of ether oxygens (including phenoxy) is 1. The number of carbonyl (C=O) groups is 2. The van der Waals surface area contributed by atoms with Crippen LogP contribution in [0.4, 0.5) is 0 Å². The summed E-state index contributed by atoms with van der Waals surface area (Å²) in [6.07, 6.45) is 1.86. The minimum absolute atomic E-state index is 0. The number of benzene rings is 1. The van der Waals surface area contributed by atoms with Crippen LogP contribution in [0.3, 0.4) is 0 Å². The van der Waals surface area contributed by atoms with Crippen LogP contribution >= 0.6 is 11.8 Å². The van der Waals surface area contributed by atoms with Crippen LogP contribution < -0.4 is 39.4 Å². The van der Waals surface area contributed by atoms with E-state index in [1.165, 1.54) is 16.7 Å². The standard InChI is InChI=1S/C13H11NO5S2.Na/c1-21(18)8-4-2-7(3-5-8)19-13-11(12(16)17)14-9(15)6-10(14)20-13;/h2-5,10H,6H2,1H3,(H,16,17);/q;+1/p-1. The number of aliphatic carboxylic acids is 1. The van der Waals surface area contributed by atoms with E-state index in [0.29, 0.717) is 17.1 Å². The fourth-order valence-corrected chi connectivity index (χ4v) is 3.85. The van der Waals surface area contributed by atoms with Crippen LogP contribution in [0.25, 0.3) is 0 Å². The molecule has 1 saturated heterocycles. The van der Waals surface area contributed by atoms with E-state index in [4.69, 9.17) is 4.74 Å². The van der Waals surface area contributed by atoms with Gasteiger partial charge in [-0.15, -0.1) is 0 Å². The number of nitrogens with zero attached hydrogens (tertiary/aromatic N) is 1. The van der Waals surface area contributed by atoms with Crippen molar-refractivity contribution >= 4 is 34.8 Å². The second kappa shape index (κ2) is 6.86. The summed E-state index contributed by atoms with van der Waals surface area (Å²) in [5, 5.41) is 11.1. The number of thioether (sulfide) groups is 1. The number of rotatable bonds is 4. The van der Waals surface area contributed by atoms with Gasteiger partial charge in [0, 0.05) is 0 Å². The molecular weight excluding hydrogens is 337 g/mol. The molecule has 6 nitrogen and oxygen atoms in total. The molecule has 2 unspecified atom stereocenters. The molecule has 0 bridgehead atoms. The SMILES string of the molecule is C[S+]([O-])c1ccc(OC2=C(C(=O)[O-])N3C(=O)CC3S2)cc1.[Na+]. The third-order valence-electron chi connectivity index (χ3n) is 3.14. The van der Waals surface area contributed by atoms with Crippen molar-refractivity contribution in [3.8, 4) is 5.75 Å². The summed E-state index contributed by atoms with van der Waals surface area (Å²) in [5.74, 6) is -1.26. The molecule has 0 saturated carbocycles. The van der Waals surface area contributed by atoms with Gasteiger partial charge in [-0.1, -0.05) is 11.8 Å². The summed E-state index contributed by atoms with van der Waals surface area (Å²) in [5.41, 5.74) is -0.218. The van der Waals surface area contributed by atoms with E-state index < -0.39 is 17.1 Å². The molecule has 0 spiro atoms. The van der Waals surface area contributed by atoms with Crippen LogP contribution in [0, 0.1) is 0 Å².